The summed E-state index contributed by atoms with van der Waals surface area (Å²) in [6.07, 6.45) is -2.26. The molecular weight excluding hydrogens is 677 g/mol. The van der Waals surface area contributed by atoms with Gasteiger partial charge in [-0.2, -0.15) is 0 Å². The number of esters is 1. The molecule has 2 aliphatic rings. The molecule has 10 nitrogen and oxygen atoms in total. The SMILES string of the molecule is CC(=O)C1(N)C(=O)N2C(C(=O)OC(c3ccccc3)c3ccccc3)=C(COC(N)=O)C(C(=O)C(Cl)(Cl)Cl)(c3ccccc3)S[C@H]21. The minimum absolute atomic E-state index is 0.178. The lowest BCUT2D eigenvalue weighted by molar-refractivity contribution is -0.161. The van der Waals surface area contributed by atoms with Crippen LogP contribution in [0.25, 0.3) is 0 Å². The summed E-state index contributed by atoms with van der Waals surface area (Å²) in [6.45, 7) is 0.314. The van der Waals surface area contributed by atoms with E-state index in [0.717, 1.165) is 11.8 Å². The van der Waals surface area contributed by atoms with E-state index in [1.807, 2.05) is 0 Å². The Morgan fingerprint density at radius 1 is 0.913 bits per heavy atom. The molecule has 3 atom stereocenters. The molecule has 0 saturated carbocycles. The third-order valence-corrected chi connectivity index (χ3v) is 10.1. The number of thioether (sulfide) groups is 1. The zero-order chi connectivity index (χ0) is 33.4. The van der Waals surface area contributed by atoms with Crippen molar-refractivity contribution in [2.24, 2.45) is 11.5 Å². The third-order valence-electron chi connectivity index (χ3n) is 7.76. The number of fused-ring (bicyclic) bond motifs is 1. The number of benzene rings is 3. The van der Waals surface area contributed by atoms with Gasteiger partial charge < -0.3 is 20.9 Å². The summed E-state index contributed by atoms with van der Waals surface area (Å²) in [5.74, 6) is -3.87. The molecule has 2 amide bonds. The van der Waals surface area contributed by atoms with Crippen LogP contribution in [0.15, 0.2) is 102 Å². The van der Waals surface area contributed by atoms with Gasteiger partial charge in [-0.3, -0.25) is 19.3 Å². The van der Waals surface area contributed by atoms with Gasteiger partial charge in [0.25, 0.3) is 9.70 Å². The van der Waals surface area contributed by atoms with E-state index in [-0.39, 0.29) is 11.1 Å². The minimum atomic E-state index is -2.62. The molecule has 0 aliphatic carbocycles. The Morgan fingerprint density at radius 2 is 1.41 bits per heavy atom. The number of ether oxygens (including phenoxy) is 2. The second-order valence-corrected chi connectivity index (χ2v) is 14.1. The van der Waals surface area contributed by atoms with E-state index in [2.05, 4.69) is 0 Å². The summed E-state index contributed by atoms with van der Waals surface area (Å²) in [7, 11) is 0. The second kappa shape index (κ2) is 12.7. The highest BCUT2D eigenvalue weighted by Crippen LogP contribution is 2.60. The van der Waals surface area contributed by atoms with Gasteiger partial charge in [-0.05, 0) is 23.6 Å². The van der Waals surface area contributed by atoms with Gasteiger partial charge in [-0.15, -0.1) is 11.8 Å². The molecular formula is C32H26Cl3N3O7S. The van der Waals surface area contributed by atoms with Crippen LogP contribution < -0.4 is 11.5 Å². The number of ketones is 2. The summed E-state index contributed by atoms with van der Waals surface area (Å²) in [6, 6.07) is 25.5. The predicted octanol–water partition coefficient (Wildman–Crippen LogP) is 4.71. The Bertz CT molecular complexity index is 1700. The highest BCUT2D eigenvalue weighted by atomic mass is 35.6. The first-order valence-electron chi connectivity index (χ1n) is 13.7. The number of primary amides is 1. The van der Waals surface area contributed by atoms with Gasteiger partial charge in [0.05, 0.1) is 0 Å². The average Bonchev–Trinajstić information content (AvgIpc) is 3.05. The zero-order valence-electron chi connectivity index (χ0n) is 24.0. The third kappa shape index (κ3) is 5.67. The first-order valence-corrected chi connectivity index (χ1v) is 15.7. The van der Waals surface area contributed by atoms with Crippen molar-refractivity contribution in [1.29, 1.82) is 0 Å². The number of halogens is 3. The maximum absolute atomic E-state index is 14.5. The largest absolute Gasteiger partial charge is 0.448 e. The maximum atomic E-state index is 14.5. The molecule has 46 heavy (non-hydrogen) atoms. The topological polar surface area (TPSA) is 159 Å². The van der Waals surface area contributed by atoms with Crippen LogP contribution in [0, 0.1) is 0 Å². The Labute approximate surface area is 282 Å². The van der Waals surface area contributed by atoms with Gasteiger partial charge in [0.2, 0.25) is 5.78 Å². The number of hydrogen-bond donors (Lipinski definition) is 2. The number of nitrogens with zero attached hydrogens (tertiary/aromatic N) is 1. The lowest BCUT2D eigenvalue weighted by Gasteiger charge is -2.58. The van der Waals surface area contributed by atoms with E-state index in [0.29, 0.717) is 22.9 Å². The molecule has 0 radical (unpaired) electrons. The summed E-state index contributed by atoms with van der Waals surface area (Å²) in [4.78, 5) is 68.4. The van der Waals surface area contributed by atoms with Gasteiger partial charge in [-0.1, -0.05) is 126 Å². The van der Waals surface area contributed by atoms with Crippen LogP contribution in [0.4, 0.5) is 4.79 Å². The highest BCUT2D eigenvalue weighted by molar-refractivity contribution is 8.02. The van der Waals surface area contributed by atoms with Crippen LogP contribution in [-0.4, -0.2) is 55.7 Å². The number of alkyl halides is 3. The van der Waals surface area contributed by atoms with Crippen molar-refractivity contribution in [3.63, 3.8) is 0 Å². The molecule has 2 heterocycles. The van der Waals surface area contributed by atoms with E-state index in [1.54, 1.807) is 78.9 Å². The minimum Gasteiger partial charge on any atom is -0.448 e. The molecule has 2 unspecified atom stereocenters. The Morgan fingerprint density at radius 3 is 1.87 bits per heavy atom. The number of β-lactam (4-membered cyclic amide) rings is 1. The fourth-order valence-corrected chi connectivity index (χ4v) is 8.02. The van der Waals surface area contributed by atoms with Gasteiger partial charge in [-0.25, -0.2) is 9.59 Å². The van der Waals surface area contributed by atoms with Crippen molar-refractivity contribution in [1.82, 2.24) is 4.90 Å². The lowest BCUT2D eigenvalue weighted by atomic mass is 9.80. The summed E-state index contributed by atoms with van der Waals surface area (Å²) >= 11 is 19.4. The zero-order valence-corrected chi connectivity index (χ0v) is 27.1. The normalized spacial score (nSPS) is 22.5. The van der Waals surface area contributed by atoms with Crippen molar-refractivity contribution in [2.45, 2.75) is 32.5 Å². The van der Waals surface area contributed by atoms with Crippen LogP contribution in [0.5, 0.6) is 0 Å². The summed E-state index contributed by atoms with van der Waals surface area (Å²) in [5.41, 5.74) is 10.1. The number of Topliss-reactive ketones (excluding diaryl/α,β-unsaturated/α-hetero) is 2. The van der Waals surface area contributed by atoms with Gasteiger partial charge in [0.1, 0.15) is 22.4 Å². The Balaban J connectivity index is 1.81. The van der Waals surface area contributed by atoms with E-state index >= 15 is 0 Å². The van der Waals surface area contributed by atoms with Crippen molar-refractivity contribution in [3.8, 4) is 0 Å². The van der Waals surface area contributed by atoms with Crippen LogP contribution >= 0.6 is 46.6 Å². The number of rotatable bonds is 9. The number of carbonyl (C=O) groups excluding carboxylic acids is 5. The van der Waals surface area contributed by atoms with Gasteiger partial charge in [0.15, 0.2) is 17.4 Å². The van der Waals surface area contributed by atoms with E-state index in [1.165, 1.54) is 12.1 Å². The molecule has 0 spiro atoms. The predicted molar refractivity (Wildman–Crippen MR) is 173 cm³/mol. The van der Waals surface area contributed by atoms with E-state index in [4.69, 9.17) is 55.7 Å². The molecule has 238 valence electrons. The molecule has 0 bridgehead atoms. The maximum Gasteiger partial charge on any atom is 0.404 e. The standard InChI is InChI=1S/C32H26Cl3N3O7S/c1-18(39)30(37)27(42)38-23(25(40)45-24(19-11-5-2-6-12-19)20-13-7-3-8-14-20)22(17-44-29(36)43)31(46-28(30)38,26(41)32(33,34)35)21-15-9-4-10-16-21/h2-16,24,28H,17,37H2,1H3,(H2,36,43)/t28-,30?,31?/m0/s1. The summed E-state index contributed by atoms with van der Waals surface area (Å²) in [5, 5.41) is -1.35. The van der Waals surface area contributed by atoms with Crippen LogP contribution in [0.3, 0.4) is 0 Å². The monoisotopic (exact) mass is 701 g/mol. The Kier molecular flexibility index (Phi) is 9.27. The molecule has 2 aliphatic heterocycles. The quantitative estimate of drug-likeness (QED) is 0.139. The highest BCUT2D eigenvalue weighted by Gasteiger charge is 2.71. The van der Waals surface area contributed by atoms with E-state index < -0.39 is 67.4 Å². The number of nitrogens with two attached hydrogens (primary N) is 2. The molecule has 1 saturated heterocycles. The molecule has 3 aromatic carbocycles. The van der Waals surface area contributed by atoms with Crippen LogP contribution in [0.1, 0.15) is 29.7 Å². The van der Waals surface area contributed by atoms with Crippen molar-refractivity contribution >= 4 is 76.1 Å². The van der Waals surface area contributed by atoms with Crippen molar-refractivity contribution < 1.29 is 33.4 Å². The molecule has 0 aromatic heterocycles. The first-order chi connectivity index (χ1) is 21.7. The molecule has 4 N–H and O–H groups in total. The van der Waals surface area contributed by atoms with E-state index in [9.17, 15) is 24.0 Å². The number of carbonyl (C=O) groups is 5. The van der Waals surface area contributed by atoms with Crippen molar-refractivity contribution in [2.75, 3.05) is 6.61 Å². The smallest absolute Gasteiger partial charge is 0.404 e. The summed E-state index contributed by atoms with van der Waals surface area (Å²) < 4.78 is 6.52. The number of hydrogen-bond acceptors (Lipinski definition) is 9. The van der Waals surface area contributed by atoms with Gasteiger partial charge >= 0.3 is 12.1 Å². The molecule has 1 fully saturated rings. The molecule has 5 rings (SSSR count). The lowest BCUT2D eigenvalue weighted by Crippen LogP contribution is -2.82. The van der Waals surface area contributed by atoms with Crippen LogP contribution in [-0.2, 0) is 33.4 Å². The fourth-order valence-electron chi connectivity index (χ4n) is 5.51. The van der Waals surface area contributed by atoms with Crippen LogP contribution in [0.2, 0.25) is 0 Å². The Hall–Kier alpha value is -3.87. The molecule has 3 aromatic rings. The second-order valence-electron chi connectivity index (χ2n) is 10.5. The number of amides is 2. The van der Waals surface area contributed by atoms with Crippen molar-refractivity contribution in [3.05, 3.63) is 119 Å². The average molecular weight is 703 g/mol. The fraction of sp³-hybridized carbons (Fsp3) is 0.219. The molecule has 14 heteroatoms. The van der Waals surface area contributed by atoms with Gasteiger partial charge in [0, 0.05) is 5.57 Å². The first kappa shape index (κ1) is 33.5.